The smallest absolute Gasteiger partial charge is 0.240 e. The molecule has 3 N–H and O–H groups in total. The first kappa shape index (κ1) is 16.0. The van der Waals surface area contributed by atoms with Crippen molar-refractivity contribution in [1.29, 1.82) is 0 Å². The van der Waals surface area contributed by atoms with Crippen molar-refractivity contribution in [3.8, 4) is 0 Å². The van der Waals surface area contributed by atoms with Gasteiger partial charge in [-0.1, -0.05) is 35.9 Å². The summed E-state index contributed by atoms with van der Waals surface area (Å²) in [6.07, 6.45) is 0.604. The van der Waals surface area contributed by atoms with E-state index in [1.54, 1.807) is 36.4 Å². The van der Waals surface area contributed by atoms with Crippen molar-refractivity contribution in [2.24, 2.45) is 5.73 Å². The van der Waals surface area contributed by atoms with Gasteiger partial charge in [0.05, 0.1) is 4.90 Å². The van der Waals surface area contributed by atoms with Crippen LogP contribution >= 0.6 is 11.6 Å². The molecule has 2 aromatic rings. The van der Waals surface area contributed by atoms with E-state index in [2.05, 4.69) is 4.72 Å². The number of hydrogen-bond acceptors (Lipinski definition) is 3. The first-order valence-electron chi connectivity index (χ1n) is 6.54. The van der Waals surface area contributed by atoms with E-state index in [9.17, 15) is 8.42 Å². The quantitative estimate of drug-likeness (QED) is 0.856. The first-order valence-corrected chi connectivity index (χ1v) is 8.40. The molecule has 0 saturated carbocycles. The molecular formula is C15H17ClN2O2S. The monoisotopic (exact) mass is 324 g/mol. The summed E-state index contributed by atoms with van der Waals surface area (Å²) in [6.45, 7) is 0.644. The fourth-order valence-corrected chi connectivity index (χ4v) is 3.13. The minimum absolute atomic E-state index is 0.238. The highest BCUT2D eigenvalue weighted by Gasteiger charge is 2.13. The lowest BCUT2D eigenvalue weighted by Gasteiger charge is -2.08. The maximum Gasteiger partial charge on any atom is 0.240 e. The van der Waals surface area contributed by atoms with Crippen LogP contribution < -0.4 is 10.5 Å². The van der Waals surface area contributed by atoms with Gasteiger partial charge in [0.25, 0.3) is 0 Å². The average molecular weight is 325 g/mol. The summed E-state index contributed by atoms with van der Waals surface area (Å²) in [5.74, 6) is 0. The minimum Gasteiger partial charge on any atom is -0.326 e. The topological polar surface area (TPSA) is 72.2 Å². The number of sulfonamides is 1. The molecule has 6 heteroatoms. The Balaban J connectivity index is 1.99. The van der Waals surface area contributed by atoms with E-state index in [-0.39, 0.29) is 4.90 Å². The van der Waals surface area contributed by atoms with Crippen LogP contribution in [0.1, 0.15) is 11.1 Å². The number of benzene rings is 2. The second kappa shape index (κ2) is 7.04. The zero-order chi connectivity index (χ0) is 15.3. The molecule has 0 atom stereocenters. The van der Waals surface area contributed by atoms with Gasteiger partial charge in [-0.2, -0.15) is 0 Å². The molecule has 0 aliphatic heterocycles. The van der Waals surface area contributed by atoms with E-state index < -0.39 is 10.0 Å². The Kier molecular flexibility index (Phi) is 5.36. The van der Waals surface area contributed by atoms with Gasteiger partial charge in [0.15, 0.2) is 0 Å². The summed E-state index contributed by atoms with van der Waals surface area (Å²) < 4.78 is 26.9. The predicted octanol–water partition coefficient (Wildman–Crippen LogP) is 2.32. The van der Waals surface area contributed by atoms with Gasteiger partial charge in [0.1, 0.15) is 0 Å². The van der Waals surface area contributed by atoms with Crippen LogP contribution in [0.3, 0.4) is 0 Å². The number of rotatable bonds is 6. The van der Waals surface area contributed by atoms with Crippen molar-refractivity contribution in [3.63, 3.8) is 0 Å². The third-order valence-corrected chi connectivity index (χ3v) is 4.77. The van der Waals surface area contributed by atoms with E-state index in [0.29, 0.717) is 24.5 Å². The van der Waals surface area contributed by atoms with Crippen molar-refractivity contribution < 1.29 is 8.42 Å². The lowest BCUT2D eigenvalue weighted by atomic mass is 10.2. The van der Waals surface area contributed by atoms with Gasteiger partial charge >= 0.3 is 0 Å². The first-order chi connectivity index (χ1) is 10.0. The Hall–Kier alpha value is -1.40. The van der Waals surface area contributed by atoms with Crippen LogP contribution in [0.2, 0.25) is 5.02 Å². The highest BCUT2D eigenvalue weighted by Crippen LogP contribution is 2.12. The van der Waals surface area contributed by atoms with Crippen molar-refractivity contribution in [2.45, 2.75) is 17.9 Å². The molecule has 0 unspecified atom stereocenters. The molecule has 0 spiro atoms. The number of nitrogens with two attached hydrogens (primary N) is 1. The molecule has 0 fully saturated rings. The van der Waals surface area contributed by atoms with Crippen LogP contribution in [0.15, 0.2) is 53.4 Å². The van der Waals surface area contributed by atoms with Crippen LogP contribution in [0.4, 0.5) is 0 Å². The molecule has 0 heterocycles. The maximum atomic E-state index is 12.2. The highest BCUT2D eigenvalue weighted by molar-refractivity contribution is 7.89. The van der Waals surface area contributed by atoms with Gasteiger partial charge in [-0.3, -0.25) is 0 Å². The molecule has 0 aliphatic carbocycles. The van der Waals surface area contributed by atoms with Crippen molar-refractivity contribution >= 4 is 21.6 Å². The Morgan fingerprint density at radius 2 is 1.76 bits per heavy atom. The van der Waals surface area contributed by atoms with Crippen LogP contribution in [-0.4, -0.2) is 15.0 Å². The Morgan fingerprint density at radius 3 is 2.43 bits per heavy atom. The van der Waals surface area contributed by atoms with E-state index in [4.69, 9.17) is 17.3 Å². The van der Waals surface area contributed by atoms with E-state index in [1.807, 2.05) is 12.1 Å². The molecule has 0 aliphatic rings. The van der Waals surface area contributed by atoms with Crippen molar-refractivity contribution in [2.75, 3.05) is 6.54 Å². The van der Waals surface area contributed by atoms with E-state index in [1.165, 1.54) is 0 Å². The average Bonchev–Trinajstić information content (AvgIpc) is 2.49. The fourth-order valence-electron chi connectivity index (χ4n) is 1.90. The highest BCUT2D eigenvalue weighted by atomic mass is 35.5. The maximum absolute atomic E-state index is 12.2. The molecule has 0 bridgehead atoms. The third-order valence-electron chi connectivity index (χ3n) is 3.06. The second-order valence-electron chi connectivity index (χ2n) is 4.63. The van der Waals surface area contributed by atoms with Crippen LogP contribution in [-0.2, 0) is 23.0 Å². The summed E-state index contributed by atoms with van der Waals surface area (Å²) in [7, 11) is -3.50. The number of halogens is 1. The van der Waals surface area contributed by atoms with Gasteiger partial charge < -0.3 is 5.73 Å². The summed E-state index contributed by atoms with van der Waals surface area (Å²) in [5, 5.41) is 0.665. The summed E-state index contributed by atoms with van der Waals surface area (Å²) >= 11 is 5.81. The Morgan fingerprint density at radius 1 is 1.05 bits per heavy atom. The van der Waals surface area contributed by atoms with Gasteiger partial charge in [-0.15, -0.1) is 0 Å². The van der Waals surface area contributed by atoms with Crippen LogP contribution in [0.5, 0.6) is 0 Å². The van der Waals surface area contributed by atoms with Crippen molar-refractivity contribution in [3.05, 3.63) is 64.7 Å². The summed E-state index contributed by atoms with van der Waals surface area (Å²) in [4.78, 5) is 0.238. The van der Waals surface area contributed by atoms with E-state index in [0.717, 1.165) is 11.1 Å². The molecule has 2 rings (SSSR count). The largest absolute Gasteiger partial charge is 0.326 e. The lowest BCUT2D eigenvalue weighted by molar-refractivity contribution is 0.581. The number of nitrogens with one attached hydrogen (secondary N) is 1. The molecule has 0 aromatic heterocycles. The predicted molar refractivity (Wildman–Crippen MR) is 84.7 cm³/mol. The molecular weight excluding hydrogens is 308 g/mol. The van der Waals surface area contributed by atoms with Crippen LogP contribution in [0.25, 0.3) is 0 Å². The zero-order valence-electron chi connectivity index (χ0n) is 11.4. The molecule has 0 saturated heterocycles. The summed E-state index contributed by atoms with van der Waals surface area (Å²) in [5.41, 5.74) is 7.34. The molecule has 0 radical (unpaired) electrons. The standard InChI is InChI=1S/C15H17ClN2O2S/c16-14-6-4-12(5-7-14)8-9-18-21(19,20)15-3-1-2-13(10-15)11-17/h1-7,10,18H,8-9,11,17H2. The Bertz CT molecular complexity index is 700. The second-order valence-corrected chi connectivity index (χ2v) is 6.83. The Labute approximate surface area is 130 Å². The molecule has 112 valence electrons. The van der Waals surface area contributed by atoms with Gasteiger partial charge in [0, 0.05) is 18.1 Å². The fraction of sp³-hybridized carbons (Fsp3) is 0.200. The third kappa shape index (κ3) is 4.54. The lowest BCUT2D eigenvalue weighted by Crippen LogP contribution is -2.26. The van der Waals surface area contributed by atoms with Crippen LogP contribution in [0, 0.1) is 0 Å². The van der Waals surface area contributed by atoms with Crippen molar-refractivity contribution in [1.82, 2.24) is 4.72 Å². The molecule has 21 heavy (non-hydrogen) atoms. The number of hydrogen-bond donors (Lipinski definition) is 2. The SMILES string of the molecule is NCc1cccc(S(=O)(=O)NCCc2ccc(Cl)cc2)c1. The summed E-state index contributed by atoms with van der Waals surface area (Å²) in [6, 6.07) is 14.0. The van der Waals surface area contributed by atoms with Gasteiger partial charge in [-0.05, 0) is 41.8 Å². The van der Waals surface area contributed by atoms with E-state index >= 15 is 0 Å². The van der Waals surface area contributed by atoms with Gasteiger partial charge in [-0.25, -0.2) is 13.1 Å². The molecule has 4 nitrogen and oxygen atoms in total. The molecule has 0 amide bonds. The zero-order valence-corrected chi connectivity index (χ0v) is 13.0. The normalized spacial score (nSPS) is 11.5. The van der Waals surface area contributed by atoms with Gasteiger partial charge in [0.2, 0.25) is 10.0 Å². The molecule has 2 aromatic carbocycles. The minimum atomic E-state index is -3.50.